The van der Waals surface area contributed by atoms with Crippen LogP contribution in [0.25, 0.3) is 0 Å². The third-order valence-electron chi connectivity index (χ3n) is 2.85. The van der Waals surface area contributed by atoms with Crippen molar-refractivity contribution < 1.29 is 9.53 Å². The molecule has 0 aliphatic carbocycles. The van der Waals surface area contributed by atoms with Crippen molar-refractivity contribution in [2.45, 2.75) is 19.8 Å². The predicted octanol–water partition coefficient (Wildman–Crippen LogP) is 3.94. The summed E-state index contributed by atoms with van der Waals surface area (Å²) in [4.78, 5) is 12.2. The second-order valence-corrected chi connectivity index (χ2v) is 4.90. The second-order valence-electron chi connectivity index (χ2n) is 4.12. The minimum atomic E-state index is 0.0799. The molecule has 18 heavy (non-hydrogen) atoms. The first-order valence-corrected chi connectivity index (χ1v) is 6.94. The molecule has 0 radical (unpaired) electrons. The SMILES string of the molecule is CCCc1cc(C(=O)c2ccsc2)ccc1OC. The summed E-state index contributed by atoms with van der Waals surface area (Å²) in [5.74, 6) is 0.940. The van der Waals surface area contributed by atoms with E-state index in [0.717, 1.165) is 35.3 Å². The zero-order valence-electron chi connectivity index (χ0n) is 10.6. The summed E-state index contributed by atoms with van der Waals surface area (Å²) < 4.78 is 5.31. The molecule has 0 aliphatic rings. The summed E-state index contributed by atoms with van der Waals surface area (Å²) >= 11 is 1.54. The van der Waals surface area contributed by atoms with Crippen LogP contribution in [0.1, 0.15) is 34.8 Å². The summed E-state index contributed by atoms with van der Waals surface area (Å²) in [6.07, 6.45) is 1.96. The van der Waals surface area contributed by atoms with Gasteiger partial charge in [0.2, 0.25) is 0 Å². The molecule has 0 atom stereocenters. The molecular weight excluding hydrogens is 244 g/mol. The van der Waals surface area contributed by atoms with Crippen molar-refractivity contribution in [3.8, 4) is 5.75 Å². The Labute approximate surface area is 111 Å². The van der Waals surface area contributed by atoms with Crippen LogP contribution in [0.4, 0.5) is 0 Å². The maximum atomic E-state index is 12.2. The quantitative estimate of drug-likeness (QED) is 0.761. The molecule has 3 heteroatoms. The highest BCUT2D eigenvalue weighted by molar-refractivity contribution is 7.08. The number of thiophene rings is 1. The van der Waals surface area contributed by atoms with Gasteiger partial charge in [-0.25, -0.2) is 0 Å². The largest absolute Gasteiger partial charge is 0.496 e. The fraction of sp³-hybridized carbons (Fsp3) is 0.267. The Kier molecular flexibility index (Phi) is 4.15. The van der Waals surface area contributed by atoms with E-state index in [4.69, 9.17) is 4.74 Å². The maximum absolute atomic E-state index is 12.2. The molecule has 1 heterocycles. The Hall–Kier alpha value is -1.61. The van der Waals surface area contributed by atoms with E-state index < -0.39 is 0 Å². The van der Waals surface area contributed by atoms with Crippen LogP contribution in [0.5, 0.6) is 5.75 Å². The van der Waals surface area contributed by atoms with Gasteiger partial charge in [0.15, 0.2) is 5.78 Å². The summed E-state index contributed by atoms with van der Waals surface area (Å²) in [6.45, 7) is 2.12. The second kappa shape index (κ2) is 5.83. The van der Waals surface area contributed by atoms with Crippen molar-refractivity contribution in [2.24, 2.45) is 0 Å². The number of carbonyl (C=O) groups excluding carboxylic acids is 1. The van der Waals surface area contributed by atoms with Gasteiger partial charge in [-0.05, 0) is 41.6 Å². The smallest absolute Gasteiger partial charge is 0.193 e. The minimum Gasteiger partial charge on any atom is -0.496 e. The van der Waals surface area contributed by atoms with Gasteiger partial charge in [0.25, 0.3) is 0 Å². The molecular formula is C15H16O2S. The van der Waals surface area contributed by atoms with Crippen LogP contribution in [-0.4, -0.2) is 12.9 Å². The van der Waals surface area contributed by atoms with Crippen LogP contribution in [0, 0.1) is 0 Å². The van der Waals surface area contributed by atoms with E-state index in [-0.39, 0.29) is 5.78 Å². The number of benzene rings is 1. The zero-order chi connectivity index (χ0) is 13.0. The van der Waals surface area contributed by atoms with Crippen LogP contribution >= 0.6 is 11.3 Å². The number of hydrogen-bond donors (Lipinski definition) is 0. The van der Waals surface area contributed by atoms with E-state index in [1.54, 1.807) is 7.11 Å². The molecule has 94 valence electrons. The molecule has 1 aromatic heterocycles. The summed E-state index contributed by atoms with van der Waals surface area (Å²) in [6, 6.07) is 7.52. The molecule has 2 nitrogen and oxygen atoms in total. The van der Waals surface area contributed by atoms with Crippen LogP contribution < -0.4 is 4.74 Å². The van der Waals surface area contributed by atoms with Crippen molar-refractivity contribution in [2.75, 3.05) is 7.11 Å². The average Bonchev–Trinajstić information content (AvgIpc) is 2.92. The zero-order valence-corrected chi connectivity index (χ0v) is 11.4. The predicted molar refractivity (Wildman–Crippen MR) is 74.7 cm³/mol. The number of rotatable bonds is 5. The molecule has 2 aromatic rings. The highest BCUT2D eigenvalue weighted by Gasteiger charge is 2.12. The molecule has 0 aliphatic heterocycles. The maximum Gasteiger partial charge on any atom is 0.193 e. The highest BCUT2D eigenvalue weighted by Crippen LogP contribution is 2.23. The first-order chi connectivity index (χ1) is 8.76. The Morgan fingerprint density at radius 3 is 2.72 bits per heavy atom. The Balaban J connectivity index is 2.34. The van der Waals surface area contributed by atoms with Gasteiger partial charge in [0, 0.05) is 16.5 Å². The molecule has 0 bridgehead atoms. The van der Waals surface area contributed by atoms with E-state index in [1.165, 1.54) is 11.3 Å². The van der Waals surface area contributed by atoms with Gasteiger partial charge in [0.05, 0.1) is 7.11 Å². The molecule has 1 aromatic carbocycles. The van der Waals surface area contributed by atoms with Crippen molar-refractivity contribution >= 4 is 17.1 Å². The molecule has 2 rings (SSSR count). The monoisotopic (exact) mass is 260 g/mol. The lowest BCUT2D eigenvalue weighted by Gasteiger charge is -2.09. The van der Waals surface area contributed by atoms with Gasteiger partial charge >= 0.3 is 0 Å². The van der Waals surface area contributed by atoms with Gasteiger partial charge in [-0.1, -0.05) is 13.3 Å². The molecule has 0 saturated heterocycles. The lowest BCUT2D eigenvalue weighted by molar-refractivity contribution is 0.103. The standard InChI is InChI=1S/C15H16O2S/c1-3-4-11-9-12(5-6-14(11)17-2)15(16)13-7-8-18-10-13/h5-10H,3-4H2,1-2H3. The molecule has 0 fully saturated rings. The number of carbonyl (C=O) groups is 1. The van der Waals surface area contributed by atoms with E-state index in [1.807, 2.05) is 35.0 Å². The number of hydrogen-bond acceptors (Lipinski definition) is 3. The summed E-state index contributed by atoms with van der Waals surface area (Å²) in [7, 11) is 1.66. The summed E-state index contributed by atoms with van der Waals surface area (Å²) in [5.41, 5.74) is 2.59. The van der Waals surface area contributed by atoms with E-state index in [2.05, 4.69) is 6.92 Å². The fourth-order valence-corrected chi connectivity index (χ4v) is 2.58. The van der Waals surface area contributed by atoms with Gasteiger partial charge in [-0.3, -0.25) is 4.79 Å². The van der Waals surface area contributed by atoms with Crippen LogP contribution in [-0.2, 0) is 6.42 Å². The molecule has 0 N–H and O–H groups in total. The third-order valence-corrected chi connectivity index (χ3v) is 3.53. The van der Waals surface area contributed by atoms with Crippen LogP contribution in [0.15, 0.2) is 35.0 Å². The van der Waals surface area contributed by atoms with Crippen LogP contribution in [0.2, 0.25) is 0 Å². The Morgan fingerprint density at radius 2 is 2.11 bits per heavy atom. The van der Waals surface area contributed by atoms with Gasteiger partial charge in [-0.15, -0.1) is 0 Å². The first-order valence-electron chi connectivity index (χ1n) is 6.00. The summed E-state index contributed by atoms with van der Waals surface area (Å²) in [5, 5.41) is 3.80. The van der Waals surface area contributed by atoms with Gasteiger partial charge < -0.3 is 4.74 Å². The molecule has 0 amide bonds. The number of ketones is 1. The van der Waals surface area contributed by atoms with Gasteiger partial charge in [-0.2, -0.15) is 11.3 Å². The minimum absolute atomic E-state index is 0.0799. The Morgan fingerprint density at radius 1 is 1.28 bits per heavy atom. The van der Waals surface area contributed by atoms with Crippen LogP contribution in [0.3, 0.4) is 0 Å². The molecule has 0 spiro atoms. The molecule has 0 saturated carbocycles. The number of methoxy groups -OCH3 is 1. The fourth-order valence-electron chi connectivity index (χ4n) is 1.94. The highest BCUT2D eigenvalue weighted by atomic mass is 32.1. The van der Waals surface area contributed by atoms with E-state index in [0.29, 0.717) is 0 Å². The first kappa shape index (κ1) is 12.8. The van der Waals surface area contributed by atoms with E-state index >= 15 is 0 Å². The third kappa shape index (κ3) is 2.62. The lowest BCUT2D eigenvalue weighted by Crippen LogP contribution is -2.02. The van der Waals surface area contributed by atoms with E-state index in [9.17, 15) is 4.79 Å². The van der Waals surface area contributed by atoms with Gasteiger partial charge in [0.1, 0.15) is 5.75 Å². The number of ether oxygens (including phenoxy) is 1. The average molecular weight is 260 g/mol. The Bertz CT molecular complexity index is 529. The molecule has 0 unspecified atom stereocenters. The topological polar surface area (TPSA) is 26.3 Å². The van der Waals surface area contributed by atoms with Crippen molar-refractivity contribution in [1.29, 1.82) is 0 Å². The van der Waals surface area contributed by atoms with Crippen molar-refractivity contribution in [3.63, 3.8) is 0 Å². The number of aryl methyl sites for hydroxylation is 1. The van der Waals surface area contributed by atoms with Crippen molar-refractivity contribution in [3.05, 3.63) is 51.7 Å². The van der Waals surface area contributed by atoms with Crippen molar-refractivity contribution in [1.82, 2.24) is 0 Å². The lowest BCUT2D eigenvalue weighted by atomic mass is 10.0. The normalized spacial score (nSPS) is 10.3.